The van der Waals surface area contributed by atoms with Crippen LogP contribution < -0.4 is 4.74 Å². The fourth-order valence-corrected chi connectivity index (χ4v) is 6.38. The number of carbonyl (C=O) groups excluding carboxylic acids is 1. The Morgan fingerprint density at radius 2 is 1.58 bits per heavy atom. The van der Waals surface area contributed by atoms with Gasteiger partial charge in [-0.1, -0.05) is 58.4 Å². The lowest BCUT2D eigenvalue weighted by Gasteiger charge is -2.32. The van der Waals surface area contributed by atoms with Gasteiger partial charge in [0.1, 0.15) is 12.4 Å². The van der Waals surface area contributed by atoms with Crippen LogP contribution in [0.2, 0.25) is 0 Å². The number of para-hydroxylation sites is 1. The Hall–Kier alpha value is -2.68. The summed E-state index contributed by atoms with van der Waals surface area (Å²) in [4.78, 5) is 15.3. The van der Waals surface area contributed by atoms with Crippen LogP contribution in [0.1, 0.15) is 35.7 Å². The highest BCUT2D eigenvalue weighted by Gasteiger charge is 2.33. The van der Waals surface area contributed by atoms with Gasteiger partial charge in [0.15, 0.2) is 0 Å². The SMILES string of the molecule is CCN1CCCCN(S(=O)(=O)c2ccc(Br)cc2)[C@@H](Cc2ccccc2)COc2ccccc2C1=O. The number of nitrogens with zero attached hydrogens (tertiary/aromatic N) is 2. The van der Waals surface area contributed by atoms with Crippen molar-refractivity contribution in [3.8, 4) is 5.75 Å². The van der Waals surface area contributed by atoms with Crippen LogP contribution in [0.5, 0.6) is 5.75 Å². The highest BCUT2D eigenvalue weighted by atomic mass is 79.9. The van der Waals surface area contributed by atoms with Crippen molar-refractivity contribution < 1.29 is 17.9 Å². The molecule has 1 atom stereocenters. The molecule has 1 aliphatic heterocycles. The zero-order valence-electron chi connectivity index (χ0n) is 20.3. The summed E-state index contributed by atoms with van der Waals surface area (Å²) in [5, 5.41) is 0. The Labute approximate surface area is 222 Å². The van der Waals surface area contributed by atoms with Gasteiger partial charge in [-0.3, -0.25) is 4.79 Å². The Balaban J connectivity index is 1.74. The zero-order chi connectivity index (χ0) is 25.5. The van der Waals surface area contributed by atoms with Crippen molar-refractivity contribution in [3.05, 3.63) is 94.5 Å². The molecule has 190 valence electrons. The number of fused-ring (bicyclic) bond motifs is 1. The predicted octanol–water partition coefficient (Wildman–Crippen LogP) is 5.39. The normalized spacial score (nSPS) is 18.0. The molecule has 0 fully saturated rings. The second-order valence-electron chi connectivity index (χ2n) is 8.81. The van der Waals surface area contributed by atoms with Crippen LogP contribution in [-0.2, 0) is 16.4 Å². The van der Waals surface area contributed by atoms with Gasteiger partial charge in [0.2, 0.25) is 10.0 Å². The van der Waals surface area contributed by atoms with Gasteiger partial charge >= 0.3 is 0 Å². The molecule has 1 heterocycles. The van der Waals surface area contributed by atoms with Crippen molar-refractivity contribution in [3.63, 3.8) is 0 Å². The zero-order valence-corrected chi connectivity index (χ0v) is 22.7. The molecular formula is C28H31BrN2O4S. The van der Waals surface area contributed by atoms with Crippen LogP contribution in [0.3, 0.4) is 0 Å². The van der Waals surface area contributed by atoms with Gasteiger partial charge in [0, 0.05) is 24.1 Å². The summed E-state index contributed by atoms with van der Waals surface area (Å²) < 4.78 is 36.5. The van der Waals surface area contributed by atoms with Crippen molar-refractivity contribution in [2.24, 2.45) is 0 Å². The van der Waals surface area contributed by atoms with Crippen molar-refractivity contribution in [1.29, 1.82) is 0 Å². The summed E-state index contributed by atoms with van der Waals surface area (Å²) in [5.74, 6) is 0.410. The number of hydrogen-bond donors (Lipinski definition) is 0. The number of carbonyl (C=O) groups is 1. The minimum Gasteiger partial charge on any atom is -0.491 e. The van der Waals surface area contributed by atoms with E-state index in [-0.39, 0.29) is 17.4 Å². The van der Waals surface area contributed by atoms with E-state index in [0.717, 1.165) is 10.0 Å². The van der Waals surface area contributed by atoms with E-state index in [1.165, 1.54) is 0 Å². The number of rotatable bonds is 5. The lowest BCUT2D eigenvalue weighted by Crippen LogP contribution is -2.46. The fourth-order valence-electron chi connectivity index (χ4n) is 4.47. The minimum absolute atomic E-state index is 0.0624. The van der Waals surface area contributed by atoms with Gasteiger partial charge in [-0.15, -0.1) is 0 Å². The van der Waals surface area contributed by atoms with E-state index in [2.05, 4.69) is 15.9 Å². The molecule has 0 saturated carbocycles. The average molecular weight is 572 g/mol. The summed E-state index contributed by atoms with van der Waals surface area (Å²) >= 11 is 3.39. The lowest BCUT2D eigenvalue weighted by atomic mass is 10.1. The number of hydrogen-bond acceptors (Lipinski definition) is 4. The summed E-state index contributed by atoms with van der Waals surface area (Å²) in [5.41, 5.74) is 1.52. The second-order valence-corrected chi connectivity index (χ2v) is 11.6. The third-order valence-electron chi connectivity index (χ3n) is 6.42. The number of benzene rings is 3. The Kier molecular flexibility index (Phi) is 8.82. The van der Waals surface area contributed by atoms with E-state index in [9.17, 15) is 13.2 Å². The van der Waals surface area contributed by atoms with Gasteiger partial charge in [-0.25, -0.2) is 8.42 Å². The van der Waals surface area contributed by atoms with E-state index in [1.54, 1.807) is 45.6 Å². The highest BCUT2D eigenvalue weighted by molar-refractivity contribution is 9.10. The van der Waals surface area contributed by atoms with Crippen LogP contribution in [-0.4, -0.2) is 55.8 Å². The third-order valence-corrected chi connectivity index (χ3v) is 8.91. The van der Waals surface area contributed by atoms with Gasteiger partial charge in [-0.2, -0.15) is 4.31 Å². The molecule has 3 aromatic rings. The molecule has 1 amide bonds. The van der Waals surface area contributed by atoms with Gasteiger partial charge in [0.25, 0.3) is 5.91 Å². The molecule has 0 spiro atoms. The third kappa shape index (κ3) is 6.17. The largest absolute Gasteiger partial charge is 0.491 e. The first-order chi connectivity index (χ1) is 17.4. The smallest absolute Gasteiger partial charge is 0.257 e. The molecule has 6 nitrogen and oxygen atoms in total. The maximum absolute atomic E-state index is 13.9. The van der Waals surface area contributed by atoms with Crippen LogP contribution in [0.25, 0.3) is 0 Å². The van der Waals surface area contributed by atoms with Crippen molar-refractivity contribution >= 4 is 31.9 Å². The van der Waals surface area contributed by atoms with E-state index in [1.807, 2.05) is 49.4 Å². The first-order valence-corrected chi connectivity index (χ1v) is 14.5. The standard InChI is InChI=1S/C28H31BrN2O4S/c1-2-30-18-8-9-19-31(36(33,34)25-16-14-23(29)15-17-25)24(20-22-10-4-3-5-11-22)21-35-27-13-7-6-12-26(27)28(30)32/h3-7,10-17,24H,2,8-9,18-21H2,1H3/t24-/m0/s1. The van der Waals surface area contributed by atoms with Crippen molar-refractivity contribution in [2.75, 3.05) is 26.2 Å². The highest BCUT2D eigenvalue weighted by Crippen LogP contribution is 2.26. The lowest BCUT2D eigenvalue weighted by molar-refractivity contribution is 0.0750. The summed E-state index contributed by atoms with van der Waals surface area (Å²) in [6, 6.07) is 23.3. The summed E-state index contributed by atoms with van der Waals surface area (Å²) in [7, 11) is -3.79. The van der Waals surface area contributed by atoms with Gasteiger partial charge in [0.05, 0.1) is 16.5 Å². The predicted molar refractivity (Wildman–Crippen MR) is 145 cm³/mol. The monoisotopic (exact) mass is 570 g/mol. The first-order valence-electron chi connectivity index (χ1n) is 12.2. The van der Waals surface area contributed by atoms with Crippen LogP contribution in [0, 0.1) is 0 Å². The van der Waals surface area contributed by atoms with Crippen LogP contribution in [0.15, 0.2) is 88.2 Å². The molecule has 0 radical (unpaired) electrons. The maximum Gasteiger partial charge on any atom is 0.257 e. The number of sulfonamides is 1. The van der Waals surface area contributed by atoms with Crippen LogP contribution in [0.4, 0.5) is 0 Å². The molecule has 0 bridgehead atoms. The van der Waals surface area contributed by atoms with E-state index < -0.39 is 16.1 Å². The molecule has 36 heavy (non-hydrogen) atoms. The summed E-state index contributed by atoms with van der Waals surface area (Å²) in [6.45, 7) is 3.55. The molecule has 0 aromatic heterocycles. The first kappa shape index (κ1) is 26.4. The molecular weight excluding hydrogens is 540 g/mol. The Bertz CT molecular complexity index is 1270. The molecule has 3 aromatic carbocycles. The second kappa shape index (κ2) is 12.0. The molecule has 8 heteroatoms. The average Bonchev–Trinajstić information content (AvgIpc) is 2.89. The van der Waals surface area contributed by atoms with Gasteiger partial charge < -0.3 is 9.64 Å². The van der Waals surface area contributed by atoms with Crippen molar-refractivity contribution in [2.45, 2.75) is 37.1 Å². The number of ether oxygens (including phenoxy) is 1. The quantitative estimate of drug-likeness (QED) is 0.412. The van der Waals surface area contributed by atoms with E-state index >= 15 is 0 Å². The topological polar surface area (TPSA) is 66.9 Å². The fraction of sp³-hybridized carbons (Fsp3) is 0.321. The molecule has 0 unspecified atom stereocenters. The molecule has 0 N–H and O–H groups in total. The van der Waals surface area contributed by atoms with Crippen molar-refractivity contribution in [1.82, 2.24) is 9.21 Å². The molecule has 0 aliphatic carbocycles. The molecule has 1 aliphatic rings. The molecule has 4 rings (SSSR count). The number of amides is 1. The molecule has 0 saturated heterocycles. The Morgan fingerprint density at radius 3 is 2.31 bits per heavy atom. The summed E-state index contributed by atoms with van der Waals surface area (Å²) in [6.07, 6.45) is 1.83. The number of halogens is 1. The maximum atomic E-state index is 13.9. The Morgan fingerprint density at radius 1 is 0.917 bits per heavy atom. The van der Waals surface area contributed by atoms with Crippen LogP contribution >= 0.6 is 15.9 Å². The minimum atomic E-state index is -3.79. The van der Waals surface area contributed by atoms with E-state index in [0.29, 0.717) is 50.2 Å². The van der Waals surface area contributed by atoms with E-state index in [4.69, 9.17) is 4.74 Å². The van der Waals surface area contributed by atoms with Gasteiger partial charge in [-0.05, 0) is 68.1 Å².